The van der Waals surface area contributed by atoms with Crippen molar-refractivity contribution >= 4 is 11.3 Å². The summed E-state index contributed by atoms with van der Waals surface area (Å²) in [6, 6.07) is 2.99. The summed E-state index contributed by atoms with van der Waals surface area (Å²) < 4.78 is 39.8. The molecule has 6 heteroatoms. The van der Waals surface area contributed by atoms with E-state index < -0.39 is 12.8 Å². The Morgan fingerprint density at radius 1 is 1.50 bits per heavy atom. The van der Waals surface area contributed by atoms with Gasteiger partial charge in [-0.1, -0.05) is 0 Å². The lowest BCUT2D eigenvalue weighted by atomic mass is 10.3. The monoisotopic (exact) mass is 225 g/mol. The fraction of sp³-hybridized carbons (Fsp3) is 0.500. The van der Waals surface area contributed by atoms with Crippen LogP contribution < -0.4 is 10.5 Å². The second kappa shape index (κ2) is 4.18. The van der Waals surface area contributed by atoms with E-state index in [0.29, 0.717) is 0 Å². The number of halogens is 3. The second-order valence-corrected chi connectivity index (χ2v) is 3.93. The van der Waals surface area contributed by atoms with E-state index in [9.17, 15) is 13.2 Å². The van der Waals surface area contributed by atoms with E-state index in [1.165, 1.54) is 6.07 Å². The molecule has 1 aromatic rings. The molecule has 1 heterocycles. The van der Waals surface area contributed by atoms with Crippen molar-refractivity contribution in [2.75, 3.05) is 6.61 Å². The molecule has 1 atom stereocenters. The molecular weight excluding hydrogens is 215 g/mol. The lowest BCUT2D eigenvalue weighted by Crippen LogP contribution is -2.18. The first-order valence-electron chi connectivity index (χ1n) is 3.93. The van der Waals surface area contributed by atoms with E-state index in [-0.39, 0.29) is 11.1 Å². The van der Waals surface area contributed by atoms with Gasteiger partial charge in [-0.05, 0) is 19.1 Å². The van der Waals surface area contributed by atoms with Crippen LogP contribution in [-0.2, 0) is 0 Å². The Kier molecular flexibility index (Phi) is 3.38. The van der Waals surface area contributed by atoms with Crippen LogP contribution >= 0.6 is 11.3 Å². The van der Waals surface area contributed by atoms with Gasteiger partial charge in [0, 0.05) is 10.9 Å². The normalized spacial score (nSPS) is 14.1. The molecule has 0 fully saturated rings. The number of thiophene rings is 1. The van der Waals surface area contributed by atoms with Crippen LogP contribution in [0.25, 0.3) is 0 Å². The Hall–Kier alpha value is -0.750. The van der Waals surface area contributed by atoms with Crippen molar-refractivity contribution in [1.82, 2.24) is 0 Å². The third-order valence-electron chi connectivity index (χ3n) is 1.43. The molecular formula is C8H10F3NOS. The lowest BCUT2D eigenvalue weighted by molar-refractivity contribution is -0.152. The summed E-state index contributed by atoms with van der Waals surface area (Å²) in [5.41, 5.74) is 5.54. The highest BCUT2D eigenvalue weighted by molar-refractivity contribution is 7.13. The highest BCUT2D eigenvalue weighted by atomic mass is 32.1. The Bertz CT molecular complexity index is 295. The van der Waals surface area contributed by atoms with E-state index in [1.54, 1.807) is 13.0 Å². The molecule has 0 amide bonds. The molecule has 2 N–H and O–H groups in total. The Morgan fingerprint density at radius 2 is 2.14 bits per heavy atom. The minimum atomic E-state index is -4.29. The topological polar surface area (TPSA) is 35.2 Å². The average molecular weight is 225 g/mol. The second-order valence-electron chi connectivity index (χ2n) is 2.85. The Labute approximate surface area is 83.5 Å². The van der Waals surface area contributed by atoms with Gasteiger partial charge in [-0.25, -0.2) is 0 Å². The van der Waals surface area contributed by atoms with Crippen LogP contribution in [0.1, 0.15) is 17.8 Å². The molecule has 0 radical (unpaired) electrons. The molecule has 0 saturated heterocycles. The summed E-state index contributed by atoms with van der Waals surface area (Å²) in [7, 11) is 0. The van der Waals surface area contributed by atoms with E-state index in [1.807, 2.05) is 0 Å². The van der Waals surface area contributed by atoms with E-state index in [4.69, 9.17) is 5.73 Å². The summed E-state index contributed by atoms with van der Waals surface area (Å²) in [5, 5.41) is 0.245. The van der Waals surface area contributed by atoms with Gasteiger partial charge < -0.3 is 10.5 Å². The number of hydrogen-bond donors (Lipinski definition) is 1. The third kappa shape index (κ3) is 3.55. The maximum Gasteiger partial charge on any atom is 0.422 e. The van der Waals surface area contributed by atoms with Crippen LogP contribution in [0.3, 0.4) is 0 Å². The van der Waals surface area contributed by atoms with Crippen LogP contribution in [0, 0.1) is 0 Å². The standard InChI is InChI=1S/C8H10F3NOS/c1-5(12)6-2-3-7(14-6)13-4-8(9,10)11/h2-3,5H,4,12H2,1H3/t5-/m0/s1. The zero-order valence-corrected chi connectivity index (χ0v) is 8.28. The fourth-order valence-electron chi connectivity index (χ4n) is 0.810. The van der Waals surface area contributed by atoms with Crippen molar-refractivity contribution in [1.29, 1.82) is 0 Å². The SMILES string of the molecule is C[C@H](N)c1ccc(OCC(F)(F)F)s1. The number of alkyl halides is 3. The van der Waals surface area contributed by atoms with Crippen molar-refractivity contribution in [3.8, 4) is 5.06 Å². The smallest absolute Gasteiger partial charge is 0.422 e. The number of nitrogens with two attached hydrogens (primary N) is 1. The maximum atomic E-state index is 11.8. The molecule has 80 valence electrons. The highest BCUT2D eigenvalue weighted by Gasteiger charge is 2.28. The summed E-state index contributed by atoms with van der Waals surface area (Å²) in [6.45, 7) is 0.505. The summed E-state index contributed by atoms with van der Waals surface area (Å²) >= 11 is 1.13. The van der Waals surface area contributed by atoms with Crippen molar-refractivity contribution in [2.45, 2.75) is 19.1 Å². The van der Waals surface area contributed by atoms with Gasteiger partial charge in [0.05, 0.1) is 0 Å². The van der Waals surface area contributed by atoms with Gasteiger partial charge in [-0.3, -0.25) is 0 Å². The number of ether oxygens (including phenoxy) is 1. The molecule has 0 unspecified atom stereocenters. The first-order valence-corrected chi connectivity index (χ1v) is 4.75. The van der Waals surface area contributed by atoms with Gasteiger partial charge in [-0.2, -0.15) is 13.2 Å². The molecule has 0 aliphatic carbocycles. The minimum Gasteiger partial charge on any atom is -0.475 e. The highest BCUT2D eigenvalue weighted by Crippen LogP contribution is 2.29. The molecule has 1 aromatic heterocycles. The van der Waals surface area contributed by atoms with E-state index in [0.717, 1.165) is 16.2 Å². The van der Waals surface area contributed by atoms with Crippen molar-refractivity contribution in [3.05, 3.63) is 17.0 Å². The number of rotatable bonds is 3. The summed E-state index contributed by atoms with van der Waals surface area (Å²) in [5.74, 6) is 0. The minimum absolute atomic E-state index is 0.178. The van der Waals surface area contributed by atoms with Gasteiger partial charge in [0.15, 0.2) is 11.7 Å². The van der Waals surface area contributed by atoms with Gasteiger partial charge in [0.1, 0.15) is 0 Å². The van der Waals surface area contributed by atoms with Crippen LogP contribution in [0.2, 0.25) is 0 Å². The zero-order chi connectivity index (χ0) is 10.8. The van der Waals surface area contributed by atoms with Gasteiger partial charge >= 0.3 is 6.18 Å². The zero-order valence-electron chi connectivity index (χ0n) is 7.47. The van der Waals surface area contributed by atoms with Crippen molar-refractivity contribution in [3.63, 3.8) is 0 Å². The molecule has 0 aliphatic rings. The Balaban J connectivity index is 2.52. The quantitative estimate of drug-likeness (QED) is 0.858. The van der Waals surface area contributed by atoms with Crippen molar-refractivity contribution < 1.29 is 17.9 Å². The van der Waals surface area contributed by atoms with Crippen LogP contribution in [0.4, 0.5) is 13.2 Å². The largest absolute Gasteiger partial charge is 0.475 e. The van der Waals surface area contributed by atoms with E-state index >= 15 is 0 Å². The van der Waals surface area contributed by atoms with Gasteiger partial charge in [0.2, 0.25) is 0 Å². The van der Waals surface area contributed by atoms with Crippen LogP contribution in [0.5, 0.6) is 5.06 Å². The predicted octanol–water partition coefficient (Wildman–Crippen LogP) is 2.71. The van der Waals surface area contributed by atoms with Gasteiger partial charge in [-0.15, -0.1) is 11.3 Å². The number of hydrogen-bond acceptors (Lipinski definition) is 3. The molecule has 0 saturated carbocycles. The average Bonchev–Trinajstić information content (AvgIpc) is 2.47. The predicted molar refractivity (Wildman–Crippen MR) is 48.5 cm³/mol. The third-order valence-corrected chi connectivity index (χ3v) is 2.63. The maximum absolute atomic E-state index is 11.8. The molecule has 0 bridgehead atoms. The van der Waals surface area contributed by atoms with Crippen molar-refractivity contribution in [2.24, 2.45) is 5.73 Å². The van der Waals surface area contributed by atoms with Gasteiger partial charge in [0.25, 0.3) is 0 Å². The van der Waals surface area contributed by atoms with Crippen LogP contribution in [0.15, 0.2) is 12.1 Å². The first kappa shape index (κ1) is 11.3. The molecule has 2 nitrogen and oxygen atoms in total. The van der Waals surface area contributed by atoms with Crippen LogP contribution in [-0.4, -0.2) is 12.8 Å². The molecule has 0 aliphatic heterocycles. The summed E-state index contributed by atoms with van der Waals surface area (Å²) in [4.78, 5) is 0.808. The Morgan fingerprint density at radius 3 is 2.57 bits per heavy atom. The lowest BCUT2D eigenvalue weighted by Gasteiger charge is -2.06. The fourth-order valence-corrected chi connectivity index (χ4v) is 1.62. The molecule has 0 aromatic carbocycles. The first-order chi connectivity index (χ1) is 6.38. The summed E-state index contributed by atoms with van der Waals surface area (Å²) in [6.07, 6.45) is -4.29. The molecule has 14 heavy (non-hydrogen) atoms. The molecule has 0 spiro atoms. The van der Waals surface area contributed by atoms with E-state index in [2.05, 4.69) is 4.74 Å². The molecule has 1 rings (SSSR count).